The number of nitrogens with zero attached hydrogens (tertiary/aromatic N) is 1. The normalized spacial score (nSPS) is 15.6. The summed E-state index contributed by atoms with van der Waals surface area (Å²) in [4.78, 5) is 26.6. The number of nitrogens with one attached hydrogen (secondary N) is 1. The molecule has 1 aliphatic carbocycles. The lowest BCUT2D eigenvalue weighted by atomic mass is 9.92. The Labute approximate surface area is 253 Å². The average Bonchev–Trinajstić information content (AvgIpc) is 3.73. The maximum Gasteiger partial charge on any atom is 0.407 e. The van der Waals surface area contributed by atoms with Gasteiger partial charge in [-0.25, -0.2) is 9.18 Å². The second-order valence-corrected chi connectivity index (χ2v) is 12.7. The highest BCUT2D eigenvalue weighted by molar-refractivity contribution is 5.73. The monoisotopic (exact) mass is 588 g/mol. The van der Waals surface area contributed by atoms with E-state index in [4.69, 9.17) is 14.2 Å². The first-order valence-corrected chi connectivity index (χ1v) is 14.9. The van der Waals surface area contributed by atoms with E-state index in [0.29, 0.717) is 23.3 Å². The molecule has 0 aromatic heterocycles. The van der Waals surface area contributed by atoms with Gasteiger partial charge in [0.2, 0.25) is 0 Å². The molecular formula is C35H41FN2O5. The standard InChI is InChI=1S/C35H41FN2O5/c1-34(2,3)43-33(40)37-22-24-6-5-7-26(16-24)27-17-25(18-30(20-27)38-14-12-35(10-11-35)13-15-38)23-42-31-9-8-29(36)19-28(31)21-32(39)41-4/h5-9,16-20H,10-15,21-23H2,1-4H3,(H,37,40). The predicted octanol–water partition coefficient (Wildman–Crippen LogP) is 7.19. The van der Waals surface area contributed by atoms with Crippen molar-refractivity contribution in [3.8, 4) is 16.9 Å². The van der Waals surface area contributed by atoms with Crippen LogP contribution in [0.15, 0.2) is 60.7 Å². The minimum Gasteiger partial charge on any atom is -0.489 e. The third-order valence-corrected chi connectivity index (χ3v) is 8.20. The molecule has 5 rings (SSSR count). The lowest BCUT2D eigenvalue weighted by Crippen LogP contribution is -2.34. The van der Waals surface area contributed by atoms with Gasteiger partial charge in [0.15, 0.2) is 0 Å². The first kappa shape index (κ1) is 30.4. The number of esters is 1. The Morgan fingerprint density at radius 3 is 2.37 bits per heavy atom. The van der Waals surface area contributed by atoms with E-state index in [1.165, 1.54) is 44.9 Å². The number of alkyl carbamates (subject to hydrolysis) is 1. The molecule has 0 unspecified atom stereocenters. The van der Waals surface area contributed by atoms with Crippen molar-refractivity contribution in [1.29, 1.82) is 0 Å². The van der Waals surface area contributed by atoms with Crippen LogP contribution in [0.4, 0.5) is 14.9 Å². The summed E-state index contributed by atoms with van der Waals surface area (Å²) in [6, 6.07) is 18.8. The minimum absolute atomic E-state index is 0.0749. The zero-order chi connectivity index (χ0) is 30.6. The molecule has 2 aliphatic rings. The number of halogens is 1. The Morgan fingerprint density at radius 1 is 0.930 bits per heavy atom. The molecule has 43 heavy (non-hydrogen) atoms. The third-order valence-electron chi connectivity index (χ3n) is 8.20. The molecule has 0 radical (unpaired) electrons. The average molecular weight is 589 g/mol. The molecule has 1 N–H and O–H groups in total. The predicted molar refractivity (Wildman–Crippen MR) is 165 cm³/mol. The lowest BCUT2D eigenvalue weighted by molar-refractivity contribution is -0.139. The summed E-state index contributed by atoms with van der Waals surface area (Å²) in [5.74, 6) is -0.447. The zero-order valence-electron chi connectivity index (χ0n) is 25.5. The highest BCUT2D eigenvalue weighted by Crippen LogP contribution is 2.54. The fourth-order valence-electron chi connectivity index (χ4n) is 5.59. The number of anilines is 1. The molecule has 1 saturated heterocycles. The van der Waals surface area contributed by atoms with Crippen LogP contribution in [0.1, 0.15) is 63.1 Å². The van der Waals surface area contributed by atoms with Crippen LogP contribution in [-0.4, -0.2) is 37.9 Å². The summed E-state index contributed by atoms with van der Waals surface area (Å²) in [6.07, 6.45) is 4.58. The summed E-state index contributed by atoms with van der Waals surface area (Å²) in [5.41, 5.74) is 5.56. The Kier molecular flexibility index (Phi) is 8.95. The summed E-state index contributed by atoms with van der Waals surface area (Å²) in [6.45, 7) is 8.15. The third kappa shape index (κ3) is 8.27. The van der Waals surface area contributed by atoms with Gasteiger partial charge in [0, 0.05) is 30.9 Å². The molecule has 8 heteroatoms. The molecule has 1 amide bonds. The van der Waals surface area contributed by atoms with E-state index in [1.54, 1.807) is 6.07 Å². The molecule has 1 spiro atoms. The molecule has 1 saturated carbocycles. The molecular weight excluding hydrogens is 547 g/mol. The molecule has 0 atom stereocenters. The quantitative estimate of drug-likeness (QED) is 0.267. The Balaban J connectivity index is 1.38. The molecule has 1 heterocycles. The number of methoxy groups -OCH3 is 1. The molecule has 228 valence electrons. The second kappa shape index (κ2) is 12.7. The molecule has 7 nitrogen and oxygen atoms in total. The second-order valence-electron chi connectivity index (χ2n) is 12.7. The number of carbonyl (C=O) groups excluding carboxylic acids is 2. The van der Waals surface area contributed by atoms with E-state index in [1.807, 2.05) is 32.9 Å². The molecule has 3 aromatic rings. The van der Waals surface area contributed by atoms with Crippen LogP contribution in [0, 0.1) is 11.2 Å². The first-order valence-electron chi connectivity index (χ1n) is 14.9. The molecule has 1 aliphatic heterocycles. The van der Waals surface area contributed by atoms with Gasteiger partial charge in [0.1, 0.15) is 23.8 Å². The summed E-state index contributed by atoms with van der Waals surface area (Å²) >= 11 is 0. The zero-order valence-corrected chi connectivity index (χ0v) is 25.5. The summed E-state index contributed by atoms with van der Waals surface area (Å²) < 4.78 is 30.3. The lowest BCUT2D eigenvalue weighted by Gasteiger charge is -2.34. The smallest absolute Gasteiger partial charge is 0.407 e. The maximum atomic E-state index is 14.0. The minimum atomic E-state index is -0.563. The van der Waals surface area contributed by atoms with Crippen molar-refractivity contribution in [2.24, 2.45) is 5.41 Å². The van der Waals surface area contributed by atoms with E-state index in [0.717, 1.165) is 41.0 Å². The van der Waals surface area contributed by atoms with Gasteiger partial charge in [-0.05, 0) is 117 Å². The largest absolute Gasteiger partial charge is 0.489 e. The van der Waals surface area contributed by atoms with E-state index in [2.05, 4.69) is 40.5 Å². The van der Waals surface area contributed by atoms with Gasteiger partial charge >= 0.3 is 12.1 Å². The number of piperidine rings is 1. The van der Waals surface area contributed by atoms with Crippen LogP contribution in [-0.2, 0) is 33.8 Å². The number of hydrogen-bond donors (Lipinski definition) is 1. The number of rotatable bonds is 9. The van der Waals surface area contributed by atoms with Gasteiger partial charge in [-0.2, -0.15) is 0 Å². The first-order chi connectivity index (χ1) is 20.5. The molecule has 3 aromatic carbocycles. The maximum absolute atomic E-state index is 14.0. The SMILES string of the molecule is COC(=O)Cc1cc(F)ccc1OCc1cc(-c2cccc(CNC(=O)OC(C)(C)C)c2)cc(N2CCC3(CC2)CC3)c1. The topological polar surface area (TPSA) is 77.1 Å². The van der Waals surface area contributed by atoms with Gasteiger partial charge in [-0.3, -0.25) is 4.79 Å². The number of amides is 1. The van der Waals surface area contributed by atoms with Crippen LogP contribution < -0.4 is 15.0 Å². The van der Waals surface area contributed by atoms with Crippen molar-refractivity contribution in [1.82, 2.24) is 5.32 Å². The van der Waals surface area contributed by atoms with E-state index >= 15 is 0 Å². The van der Waals surface area contributed by atoms with Crippen LogP contribution in [0.2, 0.25) is 0 Å². The summed E-state index contributed by atoms with van der Waals surface area (Å²) in [7, 11) is 1.31. The van der Waals surface area contributed by atoms with Crippen molar-refractivity contribution in [2.45, 2.75) is 71.6 Å². The van der Waals surface area contributed by atoms with Gasteiger partial charge < -0.3 is 24.4 Å². The van der Waals surface area contributed by atoms with Gasteiger partial charge in [0.05, 0.1) is 13.5 Å². The molecule has 2 fully saturated rings. The number of benzene rings is 3. The number of hydrogen-bond acceptors (Lipinski definition) is 6. The van der Waals surface area contributed by atoms with Crippen molar-refractivity contribution in [2.75, 3.05) is 25.1 Å². The van der Waals surface area contributed by atoms with Crippen LogP contribution in [0.25, 0.3) is 11.1 Å². The van der Waals surface area contributed by atoms with Gasteiger partial charge in [0.25, 0.3) is 0 Å². The van der Waals surface area contributed by atoms with Crippen LogP contribution in [0.5, 0.6) is 5.75 Å². The Bertz CT molecular complexity index is 1470. The summed E-state index contributed by atoms with van der Waals surface area (Å²) in [5, 5.41) is 2.84. The van der Waals surface area contributed by atoms with Gasteiger partial charge in [-0.1, -0.05) is 18.2 Å². The van der Waals surface area contributed by atoms with E-state index < -0.39 is 23.5 Å². The van der Waals surface area contributed by atoms with E-state index in [9.17, 15) is 14.0 Å². The number of ether oxygens (including phenoxy) is 3. The van der Waals surface area contributed by atoms with Crippen molar-refractivity contribution in [3.63, 3.8) is 0 Å². The Morgan fingerprint density at radius 2 is 1.67 bits per heavy atom. The fourth-order valence-corrected chi connectivity index (χ4v) is 5.59. The fraction of sp³-hybridized carbons (Fsp3) is 0.429. The van der Waals surface area contributed by atoms with Crippen molar-refractivity contribution in [3.05, 3.63) is 83.2 Å². The number of carbonyl (C=O) groups is 2. The van der Waals surface area contributed by atoms with Crippen molar-refractivity contribution < 1.29 is 28.2 Å². The highest BCUT2D eigenvalue weighted by Gasteiger charge is 2.44. The van der Waals surface area contributed by atoms with Crippen LogP contribution in [0.3, 0.4) is 0 Å². The Hall–Kier alpha value is -4.07. The van der Waals surface area contributed by atoms with E-state index in [-0.39, 0.29) is 13.0 Å². The highest BCUT2D eigenvalue weighted by atomic mass is 19.1. The molecule has 0 bridgehead atoms. The van der Waals surface area contributed by atoms with Gasteiger partial charge in [-0.15, -0.1) is 0 Å². The van der Waals surface area contributed by atoms with Crippen molar-refractivity contribution >= 4 is 17.7 Å². The van der Waals surface area contributed by atoms with Crippen LogP contribution >= 0.6 is 0 Å².